The Hall–Kier alpha value is -1.98. The Labute approximate surface area is 150 Å². The van der Waals surface area contributed by atoms with Crippen LogP contribution in [0.3, 0.4) is 0 Å². The van der Waals surface area contributed by atoms with Crippen molar-refractivity contribution < 1.29 is 9.59 Å². The predicted octanol–water partition coefficient (Wildman–Crippen LogP) is 3.42. The summed E-state index contributed by atoms with van der Waals surface area (Å²) in [7, 11) is 0. The van der Waals surface area contributed by atoms with Crippen molar-refractivity contribution in [3.63, 3.8) is 0 Å². The van der Waals surface area contributed by atoms with E-state index in [1.807, 2.05) is 37.3 Å². The normalized spacial score (nSPS) is 15.7. The highest BCUT2D eigenvalue weighted by molar-refractivity contribution is 8.01. The first kappa shape index (κ1) is 16.9. The van der Waals surface area contributed by atoms with Crippen LogP contribution < -0.4 is 10.6 Å². The van der Waals surface area contributed by atoms with E-state index in [1.54, 1.807) is 12.1 Å². The second-order valence-corrected chi connectivity index (χ2v) is 7.32. The molecule has 2 aromatic carbocycles. The van der Waals surface area contributed by atoms with Crippen LogP contribution in [0.4, 0.5) is 5.69 Å². The Morgan fingerprint density at radius 1 is 1.25 bits per heavy atom. The Bertz CT molecular complexity index is 769. The average Bonchev–Trinajstić information content (AvgIpc) is 2.99. The van der Waals surface area contributed by atoms with Gasteiger partial charge < -0.3 is 10.6 Å². The minimum atomic E-state index is -0.297. The van der Waals surface area contributed by atoms with Gasteiger partial charge in [0.2, 0.25) is 11.8 Å². The molecule has 0 saturated carbocycles. The van der Waals surface area contributed by atoms with E-state index in [0.717, 1.165) is 10.5 Å². The predicted molar refractivity (Wildman–Crippen MR) is 97.6 cm³/mol. The van der Waals surface area contributed by atoms with Gasteiger partial charge in [0.05, 0.1) is 22.5 Å². The van der Waals surface area contributed by atoms with Gasteiger partial charge in [-0.05, 0) is 42.7 Å². The van der Waals surface area contributed by atoms with Gasteiger partial charge >= 0.3 is 0 Å². The molecule has 1 unspecified atom stereocenters. The van der Waals surface area contributed by atoms with Crippen molar-refractivity contribution in [1.29, 1.82) is 0 Å². The highest BCUT2D eigenvalue weighted by Crippen LogP contribution is 2.36. The van der Waals surface area contributed by atoms with Gasteiger partial charge in [-0.15, -0.1) is 11.8 Å². The molecule has 0 radical (unpaired) electrons. The van der Waals surface area contributed by atoms with E-state index < -0.39 is 0 Å². The van der Waals surface area contributed by atoms with Gasteiger partial charge in [0.1, 0.15) is 0 Å². The number of nitrogens with one attached hydrogen (secondary N) is 2. The topological polar surface area (TPSA) is 58.2 Å². The number of aryl methyl sites for hydroxylation is 1. The molecule has 2 N–H and O–H groups in total. The molecular weight excluding hydrogens is 344 g/mol. The average molecular weight is 361 g/mol. The van der Waals surface area contributed by atoms with E-state index >= 15 is 0 Å². The number of rotatable bonds is 4. The Morgan fingerprint density at radius 3 is 2.79 bits per heavy atom. The SMILES string of the molecule is Cc1ccc(NC(=O)CNC(=O)C2Cc3ccccc3S2)c(Cl)c1. The third-order valence-corrected chi connectivity index (χ3v) is 5.39. The van der Waals surface area contributed by atoms with E-state index in [1.165, 1.54) is 17.3 Å². The molecule has 24 heavy (non-hydrogen) atoms. The molecule has 0 aromatic heterocycles. The fraction of sp³-hybridized carbons (Fsp3) is 0.222. The highest BCUT2D eigenvalue weighted by Gasteiger charge is 2.28. The molecule has 0 bridgehead atoms. The number of anilines is 1. The quantitative estimate of drug-likeness (QED) is 0.878. The largest absolute Gasteiger partial charge is 0.346 e. The molecule has 6 heteroatoms. The maximum Gasteiger partial charge on any atom is 0.243 e. The van der Waals surface area contributed by atoms with Gasteiger partial charge in [0.25, 0.3) is 0 Å². The number of benzene rings is 2. The van der Waals surface area contributed by atoms with Crippen molar-refractivity contribution in [2.45, 2.75) is 23.5 Å². The van der Waals surface area contributed by atoms with Gasteiger partial charge in [0, 0.05) is 4.90 Å². The zero-order valence-electron chi connectivity index (χ0n) is 13.1. The summed E-state index contributed by atoms with van der Waals surface area (Å²) in [4.78, 5) is 25.4. The molecule has 1 atom stereocenters. The van der Waals surface area contributed by atoms with Gasteiger partial charge in [-0.25, -0.2) is 0 Å². The Kier molecular flexibility index (Phi) is 5.11. The Morgan fingerprint density at radius 2 is 2.04 bits per heavy atom. The van der Waals surface area contributed by atoms with E-state index in [0.29, 0.717) is 17.1 Å². The summed E-state index contributed by atoms with van der Waals surface area (Å²) in [6.45, 7) is 1.85. The van der Waals surface area contributed by atoms with Crippen LogP contribution in [0.15, 0.2) is 47.4 Å². The summed E-state index contributed by atoms with van der Waals surface area (Å²) in [5.41, 5.74) is 2.74. The number of hydrogen-bond donors (Lipinski definition) is 2. The summed E-state index contributed by atoms with van der Waals surface area (Å²) in [5, 5.41) is 5.70. The minimum Gasteiger partial charge on any atom is -0.346 e. The molecule has 1 aliphatic heterocycles. The van der Waals surface area contributed by atoms with Crippen LogP contribution in [0.2, 0.25) is 5.02 Å². The van der Waals surface area contributed by atoms with E-state index in [9.17, 15) is 9.59 Å². The summed E-state index contributed by atoms with van der Waals surface area (Å²) in [5.74, 6) is -0.420. The zero-order chi connectivity index (χ0) is 17.1. The first-order valence-corrected chi connectivity index (χ1v) is 8.87. The van der Waals surface area contributed by atoms with Crippen LogP contribution in [0.1, 0.15) is 11.1 Å². The van der Waals surface area contributed by atoms with E-state index in [2.05, 4.69) is 10.6 Å². The molecule has 124 valence electrons. The van der Waals surface area contributed by atoms with Crippen LogP contribution in [0.25, 0.3) is 0 Å². The molecular formula is C18H17ClN2O2S. The second kappa shape index (κ2) is 7.28. The fourth-order valence-corrected chi connectivity index (χ4v) is 4.03. The molecule has 1 aliphatic rings. The van der Waals surface area contributed by atoms with Crippen molar-refractivity contribution in [2.75, 3.05) is 11.9 Å². The molecule has 2 aromatic rings. The van der Waals surface area contributed by atoms with Crippen LogP contribution >= 0.6 is 23.4 Å². The molecule has 1 heterocycles. The lowest BCUT2D eigenvalue weighted by atomic mass is 10.1. The summed E-state index contributed by atoms with van der Waals surface area (Å²) >= 11 is 7.63. The molecule has 4 nitrogen and oxygen atoms in total. The molecule has 3 rings (SSSR count). The van der Waals surface area contributed by atoms with E-state index in [-0.39, 0.29) is 23.6 Å². The first-order chi connectivity index (χ1) is 11.5. The van der Waals surface area contributed by atoms with Crippen molar-refractivity contribution in [3.8, 4) is 0 Å². The smallest absolute Gasteiger partial charge is 0.243 e. The maximum atomic E-state index is 12.2. The monoisotopic (exact) mass is 360 g/mol. The van der Waals surface area contributed by atoms with Gasteiger partial charge in [-0.2, -0.15) is 0 Å². The zero-order valence-corrected chi connectivity index (χ0v) is 14.7. The fourth-order valence-electron chi connectivity index (χ4n) is 2.53. The van der Waals surface area contributed by atoms with Gasteiger partial charge in [-0.1, -0.05) is 35.9 Å². The molecule has 0 spiro atoms. The minimum absolute atomic E-state index is 0.0730. The molecule has 0 saturated heterocycles. The van der Waals surface area contributed by atoms with Crippen molar-refractivity contribution in [3.05, 3.63) is 58.6 Å². The van der Waals surface area contributed by atoms with E-state index in [4.69, 9.17) is 11.6 Å². The summed E-state index contributed by atoms with van der Waals surface area (Å²) in [6.07, 6.45) is 0.693. The van der Waals surface area contributed by atoms with Crippen LogP contribution in [-0.4, -0.2) is 23.6 Å². The van der Waals surface area contributed by atoms with Crippen LogP contribution in [0.5, 0.6) is 0 Å². The molecule has 2 amide bonds. The van der Waals surface area contributed by atoms with Crippen LogP contribution in [-0.2, 0) is 16.0 Å². The number of carbonyl (C=O) groups is 2. The third kappa shape index (κ3) is 3.91. The second-order valence-electron chi connectivity index (χ2n) is 5.67. The summed E-state index contributed by atoms with van der Waals surface area (Å²) in [6, 6.07) is 13.4. The highest BCUT2D eigenvalue weighted by atomic mass is 35.5. The standard InChI is InChI=1S/C18H17ClN2O2S/c1-11-6-7-14(13(19)8-11)21-17(22)10-20-18(23)16-9-12-4-2-3-5-15(12)24-16/h2-8,16H,9-10H2,1H3,(H,20,23)(H,21,22). The lowest BCUT2D eigenvalue weighted by Gasteiger charge is -2.11. The van der Waals surface area contributed by atoms with Crippen molar-refractivity contribution >= 4 is 40.9 Å². The maximum absolute atomic E-state index is 12.2. The number of hydrogen-bond acceptors (Lipinski definition) is 3. The number of fused-ring (bicyclic) bond motifs is 1. The van der Waals surface area contributed by atoms with Crippen LogP contribution in [0, 0.1) is 6.92 Å². The first-order valence-electron chi connectivity index (χ1n) is 7.61. The number of halogens is 1. The lowest BCUT2D eigenvalue weighted by molar-refractivity contribution is -0.123. The number of amides is 2. The van der Waals surface area contributed by atoms with Crippen molar-refractivity contribution in [1.82, 2.24) is 5.32 Å². The van der Waals surface area contributed by atoms with Gasteiger partial charge in [-0.3, -0.25) is 9.59 Å². The lowest BCUT2D eigenvalue weighted by Crippen LogP contribution is -2.38. The summed E-state index contributed by atoms with van der Waals surface area (Å²) < 4.78 is 0. The number of carbonyl (C=O) groups excluding carboxylic acids is 2. The third-order valence-electron chi connectivity index (χ3n) is 3.76. The van der Waals surface area contributed by atoms with Gasteiger partial charge in [0.15, 0.2) is 0 Å². The molecule has 0 aliphatic carbocycles. The molecule has 0 fully saturated rings. The Balaban J connectivity index is 1.51. The number of thioether (sulfide) groups is 1. The van der Waals surface area contributed by atoms with Crippen molar-refractivity contribution in [2.24, 2.45) is 0 Å².